The molecule has 66 valence electrons. The molecule has 1 rings (SSSR count). The van der Waals surface area contributed by atoms with Crippen molar-refractivity contribution in [3.63, 3.8) is 0 Å². The van der Waals surface area contributed by atoms with Gasteiger partial charge < -0.3 is 10.4 Å². The normalized spacial score (nSPS) is 10.2. The van der Waals surface area contributed by atoms with Gasteiger partial charge in [-0.1, -0.05) is 28.9 Å². The molecule has 0 aliphatic heterocycles. The molecule has 0 heterocycles. The zero-order valence-corrected chi connectivity index (χ0v) is 8.56. The van der Waals surface area contributed by atoms with Crippen LogP contribution in [0.4, 0.5) is 0 Å². The third-order valence-corrected chi connectivity index (χ3v) is 2.39. The Balaban J connectivity index is 2.81. The molecule has 0 radical (unpaired) electrons. The summed E-state index contributed by atoms with van der Waals surface area (Å²) in [6.45, 7) is 3.64. The second-order valence-corrected chi connectivity index (χ2v) is 3.37. The van der Waals surface area contributed by atoms with Gasteiger partial charge >= 0.3 is 0 Å². The molecular formula is C9H12BrNO. The number of benzene rings is 1. The van der Waals surface area contributed by atoms with Gasteiger partial charge in [-0.05, 0) is 18.7 Å². The molecule has 0 fully saturated rings. The fourth-order valence-corrected chi connectivity index (χ4v) is 1.47. The van der Waals surface area contributed by atoms with Crippen molar-refractivity contribution in [1.82, 2.24) is 5.32 Å². The van der Waals surface area contributed by atoms with Crippen LogP contribution in [0, 0.1) is 0 Å². The number of hydrogen-bond acceptors (Lipinski definition) is 2. The summed E-state index contributed by atoms with van der Waals surface area (Å²) in [5.74, 6) is 0.338. The van der Waals surface area contributed by atoms with Crippen LogP contribution in [-0.2, 0) is 6.54 Å². The first-order chi connectivity index (χ1) is 5.75. The van der Waals surface area contributed by atoms with Crippen LogP contribution in [0.3, 0.4) is 0 Å². The second kappa shape index (κ2) is 4.48. The average molecular weight is 230 g/mol. The summed E-state index contributed by atoms with van der Waals surface area (Å²) in [4.78, 5) is 0. The summed E-state index contributed by atoms with van der Waals surface area (Å²) in [5.41, 5.74) is 0.916. The van der Waals surface area contributed by atoms with Crippen LogP contribution in [0.15, 0.2) is 22.7 Å². The maximum atomic E-state index is 9.45. The van der Waals surface area contributed by atoms with E-state index in [-0.39, 0.29) is 0 Å². The van der Waals surface area contributed by atoms with E-state index in [0.29, 0.717) is 12.3 Å². The van der Waals surface area contributed by atoms with Gasteiger partial charge in [0.1, 0.15) is 5.75 Å². The van der Waals surface area contributed by atoms with Crippen molar-refractivity contribution < 1.29 is 5.11 Å². The molecule has 0 aliphatic rings. The van der Waals surface area contributed by atoms with E-state index >= 15 is 0 Å². The Morgan fingerprint density at radius 2 is 2.25 bits per heavy atom. The third-order valence-electron chi connectivity index (χ3n) is 1.65. The zero-order chi connectivity index (χ0) is 8.97. The van der Waals surface area contributed by atoms with Crippen LogP contribution < -0.4 is 5.32 Å². The minimum atomic E-state index is 0.338. The predicted octanol–water partition coefficient (Wildman–Crippen LogP) is 2.26. The largest absolute Gasteiger partial charge is 0.508 e. The number of phenolic OH excluding ortho intramolecular Hbond substituents is 1. The van der Waals surface area contributed by atoms with Crippen molar-refractivity contribution in [3.05, 3.63) is 28.2 Å². The van der Waals surface area contributed by atoms with Gasteiger partial charge in [-0.2, -0.15) is 0 Å². The summed E-state index contributed by atoms with van der Waals surface area (Å²) in [6, 6.07) is 5.43. The number of halogens is 1. The SMILES string of the molecule is CCNCc1c(O)cccc1Br. The molecule has 3 heteroatoms. The van der Waals surface area contributed by atoms with Crippen LogP contribution in [-0.4, -0.2) is 11.7 Å². The van der Waals surface area contributed by atoms with Gasteiger partial charge in [0.25, 0.3) is 0 Å². The molecule has 0 saturated heterocycles. The average Bonchev–Trinajstić information content (AvgIpc) is 2.04. The predicted molar refractivity (Wildman–Crippen MR) is 53.2 cm³/mol. The van der Waals surface area contributed by atoms with Crippen molar-refractivity contribution >= 4 is 15.9 Å². The summed E-state index contributed by atoms with van der Waals surface area (Å²) < 4.78 is 0.948. The summed E-state index contributed by atoms with van der Waals surface area (Å²) >= 11 is 3.38. The molecule has 0 spiro atoms. The van der Waals surface area contributed by atoms with E-state index in [1.807, 2.05) is 19.1 Å². The minimum absolute atomic E-state index is 0.338. The van der Waals surface area contributed by atoms with Gasteiger partial charge in [-0.3, -0.25) is 0 Å². The highest BCUT2D eigenvalue weighted by Gasteiger charge is 2.03. The highest BCUT2D eigenvalue weighted by atomic mass is 79.9. The molecule has 0 aliphatic carbocycles. The maximum Gasteiger partial charge on any atom is 0.121 e. The summed E-state index contributed by atoms with van der Waals surface area (Å²) in [7, 11) is 0. The lowest BCUT2D eigenvalue weighted by molar-refractivity contribution is 0.464. The van der Waals surface area contributed by atoms with E-state index in [0.717, 1.165) is 16.6 Å². The molecule has 12 heavy (non-hydrogen) atoms. The van der Waals surface area contributed by atoms with Gasteiger partial charge in [-0.15, -0.1) is 0 Å². The van der Waals surface area contributed by atoms with Gasteiger partial charge in [0.05, 0.1) is 0 Å². The minimum Gasteiger partial charge on any atom is -0.508 e. The lowest BCUT2D eigenvalue weighted by Crippen LogP contribution is -2.12. The maximum absolute atomic E-state index is 9.45. The number of phenols is 1. The first-order valence-electron chi connectivity index (χ1n) is 3.92. The lowest BCUT2D eigenvalue weighted by atomic mass is 10.2. The van der Waals surface area contributed by atoms with E-state index in [1.54, 1.807) is 6.07 Å². The Morgan fingerprint density at radius 1 is 1.50 bits per heavy atom. The molecule has 0 amide bonds. The molecular weight excluding hydrogens is 218 g/mol. The van der Waals surface area contributed by atoms with Crippen molar-refractivity contribution in [3.8, 4) is 5.75 Å². The Bertz CT molecular complexity index is 242. The van der Waals surface area contributed by atoms with E-state index < -0.39 is 0 Å². The second-order valence-electron chi connectivity index (χ2n) is 2.52. The number of rotatable bonds is 3. The molecule has 0 bridgehead atoms. The molecule has 0 unspecified atom stereocenters. The molecule has 2 N–H and O–H groups in total. The molecule has 1 aromatic rings. The Hall–Kier alpha value is -0.540. The van der Waals surface area contributed by atoms with E-state index in [4.69, 9.17) is 0 Å². The van der Waals surface area contributed by atoms with Crippen LogP contribution in [0.1, 0.15) is 12.5 Å². The lowest BCUT2D eigenvalue weighted by Gasteiger charge is -2.06. The van der Waals surface area contributed by atoms with Gasteiger partial charge in [-0.25, -0.2) is 0 Å². The fourth-order valence-electron chi connectivity index (χ4n) is 0.972. The smallest absolute Gasteiger partial charge is 0.121 e. The van der Waals surface area contributed by atoms with Gasteiger partial charge in [0, 0.05) is 16.6 Å². The quantitative estimate of drug-likeness (QED) is 0.834. The number of hydrogen-bond donors (Lipinski definition) is 2. The van der Waals surface area contributed by atoms with Crippen molar-refractivity contribution in [1.29, 1.82) is 0 Å². The third kappa shape index (κ3) is 2.22. The Kier molecular flexibility index (Phi) is 3.56. The number of nitrogens with one attached hydrogen (secondary N) is 1. The van der Waals surface area contributed by atoms with Crippen molar-refractivity contribution in [2.75, 3.05) is 6.54 Å². The van der Waals surface area contributed by atoms with E-state index in [9.17, 15) is 5.11 Å². The monoisotopic (exact) mass is 229 g/mol. The topological polar surface area (TPSA) is 32.3 Å². The van der Waals surface area contributed by atoms with Crippen molar-refractivity contribution in [2.45, 2.75) is 13.5 Å². The fraction of sp³-hybridized carbons (Fsp3) is 0.333. The van der Waals surface area contributed by atoms with Gasteiger partial charge in [0.2, 0.25) is 0 Å². The highest BCUT2D eigenvalue weighted by molar-refractivity contribution is 9.10. The van der Waals surface area contributed by atoms with E-state index in [2.05, 4.69) is 21.2 Å². The molecule has 2 nitrogen and oxygen atoms in total. The van der Waals surface area contributed by atoms with Crippen LogP contribution >= 0.6 is 15.9 Å². The van der Waals surface area contributed by atoms with Crippen LogP contribution in [0.2, 0.25) is 0 Å². The Morgan fingerprint density at radius 3 is 2.83 bits per heavy atom. The van der Waals surface area contributed by atoms with Crippen molar-refractivity contribution in [2.24, 2.45) is 0 Å². The van der Waals surface area contributed by atoms with Crippen LogP contribution in [0.5, 0.6) is 5.75 Å². The summed E-state index contributed by atoms with van der Waals surface area (Å²) in [5, 5.41) is 12.6. The molecule has 1 aromatic carbocycles. The first-order valence-corrected chi connectivity index (χ1v) is 4.72. The molecule has 0 aromatic heterocycles. The molecule has 0 saturated carbocycles. The highest BCUT2D eigenvalue weighted by Crippen LogP contribution is 2.24. The zero-order valence-electron chi connectivity index (χ0n) is 6.97. The standard InChI is InChI=1S/C9H12BrNO/c1-2-11-6-7-8(10)4-3-5-9(7)12/h3-5,11-12H,2,6H2,1H3. The Labute approximate surface area is 80.7 Å². The first kappa shape index (κ1) is 9.55. The van der Waals surface area contributed by atoms with Crippen LogP contribution in [0.25, 0.3) is 0 Å². The summed E-state index contributed by atoms with van der Waals surface area (Å²) in [6.07, 6.45) is 0. The van der Waals surface area contributed by atoms with E-state index in [1.165, 1.54) is 0 Å². The molecule has 0 atom stereocenters. The number of aromatic hydroxyl groups is 1. The van der Waals surface area contributed by atoms with Gasteiger partial charge in [0.15, 0.2) is 0 Å².